The van der Waals surface area contributed by atoms with E-state index in [1.165, 1.54) is 128 Å². The summed E-state index contributed by atoms with van der Waals surface area (Å²) >= 11 is 0. The molecule has 2 heterocycles. The molecule has 2 fully saturated rings. The fourth-order valence-electron chi connectivity index (χ4n) is 7.96. The van der Waals surface area contributed by atoms with Crippen LogP contribution in [0.3, 0.4) is 0 Å². The van der Waals surface area contributed by atoms with E-state index in [0.717, 1.165) is 25.7 Å². The molecule has 0 bridgehead atoms. The lowest BCUT2D eigenvalue weighted by Crippen LogP contribution is -2.61. The van der Waals surface area contributed by atoms with Crippen molar-refractivity contribution in [3.63, 3.8) is 0 Å². The maximum Gasteiger partial charge on any atom is 0.306 e. The van der Waals surface area contributed by atoms with Gasteiger partial charge in [0, 0.05) is 12.8 Å². The standard InChI is InChI=1S/C47H88O15/c1-3-5-7-8-9-10-11-12-13-14-15-16-17-18-19-20-21-22-23-24-25-26-27-28-30-39(50)60-35(32-57-38(49)29-6-4-2)33-58-46-45(56)43(54)41(52)37(62-46)34-59-47-44(55)42(53)40(51)36(31-48)61-47/h35-37,40-48,51-56H,3-34H2,1-2H3. The Bertz CT molecular complexity index is 1100. The SMILES string of the molecule is CCCCCCCCCCCCCCCCCCCCCCCCCCC(=O)OC(COC(=O)CCCC)COC1OC(COC2OC(CO)C(O)C(O)C2O)C(O)C(O)C1O. The average molecular weight is 893 g/mol. The van der Waals surface area contributed by atoms with Gasteiger partial charge in [0.1, 0.15) is 55.4 Å². The molecule has 7 N–H and O–H groups in total. The first kappa shape index (κ1) is 56.6. The monoisotopic (exact) mass is 893 g/mol. The quantitative estimate of drug-likeness (QED) is 0.0277. The van der Waals surface area contributed by atoms with Gasteiger partial charge in [-0.15, -0.1) is 0 Å². The lowest BCUT2D eigenvalue weighted by Gasteiger charge is -2.42. The summed E-state index contributed by atoms with van der Waals surface area (Å²) < 4.78 is 33.1. The molecule has 0 radical (unpaired) electrons. The Morgan fingerprint density at radius 1 is 0.452 bits per heavy atom. The Morgan fingerprint density at radius 2 is 0.839 bits per heavy atom. The Balaban J connectivity index is 1.61. The molecule has 0 aliphatic carbocycles. The van der Waals surface area contributed by atoms with E-state index in [9.17, 15) is 45.3 Å². The Labute approximate surface area is 372 Å². The van der Waals surface area contributed by atoms with Gasteiger partial charge in [0.25, 0.3) is 0 Å². The number of unbranched alkanes of at least 4 members (excludes halogenated alkanes) is 24. The predicted octanol–water partition coefficient (Wildman–Crippen LogP) is 6.04. The first-order valence-corrected chi connectivity index (χ1v) is 24.6. The molecule has 2 aliphatic heterocycles. The number of hydrogen-bond acceptors (Lipinski definition) is 15. The van der Waals surface area contributed by atoms with Gasteiger partial charge in [0.15, 0.2) is 18.7 Å². The zero-order valence-electron chi connectivity index (χ0n) is 38.4. The Hall–Kier alpha value is -1.50. The van der Waals surface area contributed by atoms with Crippen LogP contribution in [0.15, 0.2) is 0 Å². The molecule has 0 saturated carbocycles. The van der Waals surface area contributed by atoms with Gasteiger partial charge in [-0.1, -0.05) is 168 Å². The second-order valence-corrected chi connectivity index (χ2v) is 17.7. The van der Waals surface area contributed by atoms with Gasteiger partial charge in [-0.2, -0.15) is 0 Å². The molecule has 15 heteroatoms. The predicted molar refractivity (Wildman–Crippen MR) is 234 cm³/mol. The van der Waals surface area contributed by atoms with E-state index in [-0.39, 0.29) is 26.1 Å². The zero-order valence-corrected chi connectivity index (χ0v) is 38.4. The molecule has 62 heavy (non-hydrogen) atoms. The largest absolute Gasteiger partial charge is 0.462 e. The molecule has 2 saturated heterocycles. The van der Waals surface area contributed by atoms with Crippen molar-refractivity contribution in [2.45, 2.75) is 261 Å². The Kier molecular flexibility index (Phi) is 32.6. The molecule has 0 spiro atoms. The summed E-state index contributed by atoms with van der Waals surface area (Å²) in [6.07, 6.45) is 15.9. The van der Waals surface area contributed by atoms with Crippen molar-refractivity contribution in [1.29, 1.82) is 0 Å². The summed E-state index contributed by atoms with van der Waals surface area (Å²) in [6.45, 7) is 2.34. The molecule has 0 aromatic rings. The second kappa shape index (κ2) is 35.7. The molecular weight excluding hydrogens is 805 g/mol. The van der Waals surface area contributed by atoms with E-state index >= 15 is 0 Å². The summed E-state index contributed by atoms with van der Waals surface area (Å²) in [5, 5.41) is 71.5. The topological polar surface area (TPSA) is 231 Å². The van der Waals surface area contributed by atoms with Crippen LogP contribution in [0.1, 0.15) is 194 Å². The average Bonchev–Trinajstić information content (AvgIpc) is 3.27. The highest BCUT2D eigenvalue weighted by Crippen LogP contribution is 2.26. The van der Waals surface area contributed by atoms with Crippen molar-refractivity contribution >= 4 is 11.9 Å². The van der Waals surface area contributed by atoms with Crippen molar-refractivity contribution in [2.75, 3.05) is 26.4 Å². The third-order valence-electron chi connectivity index (χ3n) is 12.1. The molecule has 0 amide bonds. The summed E-state index contributed by atoms with van der Waals surface area (Å²) in [5.41, 5.74) is 0. The molecule has 11 unspecified atom stereocenters. The van der Waals surface area contributed by atoms with Crippen LogP contribution in [0.25, 0.3) is 0 Å². The lowest BCUT2D eigenvalue weighted by atomic mass is 9.98. The summed E-state index contributed by atoms with van der Waals surface area (Å²) in [7, 11) is 0. The van der Waals surface area contributed by atoms with E-state index < -0.39 is 92.7 Å². The van der Waals surface area contributed by atoms with Crippen molar-refractivity contribution < 1.29 is 73.8 Å². The molecule has 2 rings (SSSR count). The third kappa shape index (κ3) is 24.1. The van der Waals surface area contributed by atoms with Crippen molar-refractivity contribution in [3.8, 4) is 0 Å². The molecular formula is C47H88O15. The van der Waals surface area contributed by atoms with Crippen LogP contribution in [0.2, 0.25) is 0 Å². The molecule has 0 aromatic carbocycles. The van der Waals surface area contributed by atoms with Crippen LogP contribution in [0.4, 0.5) is 0 Å². The Morgan fingerprint density at radius 3 is 1.29 bits per heavy atom. The smallest absolute Gasteiger partial charge is 0.306 e. The number of rotatable bonds is 38. The van der Waals surface area contributed by atoms with Gasteiger partial charge in [-0.25, -0.2) is 0 Å². The van der Waals surface area contributed by atoms with E-state index in [1.807, 2.05) is 6.92 Å². The summed E-state index contributed by atoms with van der Waals surface area (Å²) in [5.74, 6) is -0.954. The number of ether oxygens (including phenoxy) is 6. The fourth-order valence-corrected chi connectivity index (χ4v) is 7.96. The molecule has 366 valence electrons. The highest BCUT2D eigenvalue weighted by atomic mass is 16.7. The summed E-state index contributed by atoms with van der Waals surface area (Å²) in [6, 6.07) is 0. The van der Waals surface area contributed by atoms with Gasteiger partial charge in [-0.05, 0) is 12.8 Å². The van der Waals surface area contributed by atoms with Gasteiger partial charge < -0.3 is 64.2 Å². The van der Waals surface area contributed by atoms with Crippen LogP contribution in [-0.4, -0.2) is 142 Å². The second-order valence-electron chi connectivity index (χ2n) is 17.7. The van der Waals surface area contributed by atoms with Crippen LogP contribution in [0, 0.1) is 0 Å². The number of carbonyl (C=O) groups excluding carboxylic acids is 2. The van der Waals surface area contributed by atoms with E-state index in [4.69, 9.17) is 28.4 Å². The number of aliphatic hydroxyl groups is 7. The van der Waals surface area contributed by atoms with Crippen LogP contribution >= 0.6 is 0 Å². The minimum Gasteiger partial charge on any atom is -0.462 e. The van der Waals surface area contributed by atoms with Crippen LogP contribution < -0.4 is 0 Å². The fraction of sp³-hybridized carbons (Fsp3) is 0.957. The van der Waals surface area contributed by atoms with E-state index in [2.05, 4.69) is 6.92 Å². The maximum atomic E-state index is 12.8. The molecule has 11 atom stereocenters. The van der Waals surface area contributed by atoms with Crippen LogP contribution in [-0.2, 0) is 38.0 Å². The highest BCUT2D eigenvalue weighted by molar-refractivity contribution is 5.70. The first-order valence-electron chi connectivity index (χ1n) is 24.6. The third-order valence-corrected chi connectivity index (χ3v) is 12.1. The minimum atomic E-state index is -1.76. The van der Waals surface area contributed by atoms with Crippen molar-refractivity contribution in [3.05, 3.63) is 0 Å². The van der Waals surface area contributed by atoms with Crippen molar-refractivity contribution in [2.24, 2.45) is 0 Å². The van der Waals surface area contributed by atoms with E-state index in [0.29, 0.717) is 12.8 Å². The van der Waals surface area contributed by atoms with Crippen molar-refractivity contribution in [1.82, 2.24) is 0 Å². The molecule has 0 aromatic heterocycles. The number of aliphatic hydroxyl groups excluding tert-OH is 7. The number of carbonyl (C=O) groups is 2. The van der Waals surface area contributed by atoms with Gasteiger partial charge in [-0.3, -0.25) is 9.59 Å². The van der Waals surface area contributed by atoms with Gasteiger partial charge in [0.05, 0.1) is 19.8 Å². The lowest BCUT2D eigenvalue weighted by molar-refractivity contribution is -0.332. The van der Waals surface area contributed by atoms with E-state index in [1.54, 1.807) is 0 Å². The minimum absolute atomic E-state index is 0.171. The number of hydrogen-bond donors (Lipinski definition) is 7. The molecule has 15 nitrogen and oxygen atoms in total. The maximum absolute atomic E-state index is 12.8. The normalized spacial score (nSPS) is 27.0. The van der Waals surface area contributed by atoms with Gasteiger partial charge in [0.2, 0.25) is 0 Å². The zero-order chi connectivity index (χ0) is 45.4. The first-order chi connectivity index (χ1) is 30.0. The number of esters is 2. The van der Waals surface area contributed by atoms with Gasteiger partial charge >= 0.3 is 11.9 Å². The summed E-state index contributed by atoms with van der Waals surface area (Å²) in [4.78, 5) is 25.1. The highest BCUT2D eigenvalue weighted by Gasteiger charge is 2.47. The van der Waals surface area contributed by atoms with Crippen LogP contribution in [0.5, 0.6) is 0 Å². The molecule has 2 aliphatic rings.